The van der Waals surface area contributed by atoms with Crippen LogP contribution in [0.15, 0.2) is 0 Å². The molecule has 0 amide bonds. The van der Waals surface area contributed by atoms with Gasteiger partial charge in [-0.05, 0) is 32.1 Å². The van der Waals surface area contributed by atoms with Crippen molar-refractivity contribution < 1.29 is 9.59 Å². The predicted molar refractivity (Wildman–Crippen MR) is 69.8 cm³/mol. The van der Waals surface area contributed by atoms with Gasteiger partial charge in [0.15, 0.2) is 5.78 Å². The van der Waals surface area contributed by atoms with Crippen molar-refractivity contribution in [3.63, 3.8) is 0 Å². The summed E-state index contributed by atoms with van der Waals surface area (Å²) in [6, 6.07) is 0. The topological polar surface area (TPSA) is 34.1 Å². The van der Waals surface area contributed by atoms with Crippen LogP contribution in [0.5, 0.6) is 0 Å². The third kappa shape index (κ3) is 1.60. The fourth-order valence-electron chi connectivity index (χ4n) is 3.89. The zero-order valence-electron chi connectivity index (χ0n) is 11.9. The van der Waals surface area contributed by atoms with Gasteiger partial charge in [0, 0.05) is 11.3 Å². The van der Waals surface area contributed by atoms with Crippen LogP contribution in [0.2, 0.25) is 0 Å². The number of carbonyl (C=O) groups is 2. The molecule has 0 N–H and O–H groups in total. The molecule has 1 saturated carbocycles. The lowest BCUT2D eigenvalue weighted by molar-refractivity contribution is -0.138. The van der Waals surface area contributed by atoms with Crippen LogP contribution in [-0.2, 0) is 9.59 Å². The number of hydrogen-bond donors (Lipinski definition) is 0. The van der Waals surface area contributed by atoms with Crippen LogP contribution in [0.25, 0.3) is 0 Å². The van der Waals surface area contributed by atoms with Gasteiger partial charge < -0.3 is 0 Å². The number of rotatable bonds is 5. The van der Waals surface area contributed by atoms with Crippen LogP contribution in [0.3, 0.4) is 0 Å². The van der Waals surface area contributed by atoms with E-state index < -0.39 is 5.41 Å². The summed E-state index contributed by atoms with van der Waals surface area (Å²) in [5, 5.41) is 0. The van der Waals surface area contributed by atoms with E-state index in [-0.39, 0.29) is 22.9 Å². The van der Waals surface area contributed by atoms with Gasteiger partial charge in [-0.2, -0.15) is 0 Å². The van der Waals surface area contributed by atoms with Gasteiger partial charge in [-0.15, -0.1) is 0 Å². The second-order valence-corrected chi connectivity index (χ2v) is 5.31. The van der Waals surface area contributed by atoms with E-state index in [1.165, 1.54) is 0 Å². The largest absolute Gasteiger partial charge is 0.298 e. The highest BCUT2D eigenvalue weighted by Crippen LogP contribution is 2.55. The molecule has 1 unspecified atom stereocenters. The normalized spacial score (nSPS) is 26.5. The SMILES string of the molecule is CCC1C(=O)C(CC)(CC)C(=O)C1(CC)CC. The van der Waals surface area contributed by atoms with Crippen LogP contribution >= 0.6 is 0 Å². The maximum atomic E-state index is 12.8. The molecule has 0 spiro atoms. The van der Waals surface area contributed by atoms with Gasteiger partial charge >= 0.3 is 0 Å². The highest BCUT2D eigenvalue weighted by Gasteiger charge is 2.63. The summed E-state index contributed by atoms with van der Waals surface area (Å²) in [7, 11) is 0. The van der Waals surface area contributed by atoms with Crippen LogP contribution < -0.4 is 0 Å². The van der Waals surface area contributed by atoms with E-state index >= 15 is 0 Å². The second kappa shape index (κ2) is 4.91. The summed E-state index contributed by atoms with van der Waals surface area (Å²) in [5.41, 5.74) is -1.05. The van der Waals surface area contributed by atoms with Crippen molar-refractivity contribution in [3.8, 4) is 0 Å². The molecule has 1 aliphatic rings. The summed E-state index contributed by atoms with van der Waals surface area (Å²) in [4.78, 5) is 25.5. The molecule has 1 rings (SSSR count). The molecule has 0 aliphatic heterocycles. The van der Waals surface area contributed by atoms with E-state index in [0.29, 0.717) is 12.8 Å². The Morgan fingerprint density at radius 3 is 1.59 bits per heavy atom. The summed E-state index contributed by atoms with van der Waals surface area (Å²) in [5.74, 6) is 0.403. The van der Waals surface area contributed by atoms with Crippen molar-refractivity contribution in [2.45, 2.75) is 66.7 Å². The summed E-state index contributed by atoms with van der Waals surface area (Å²) in [6.45, 7) is 10.1. The Labute approximate surface area is 105 Å². The first kappa shape index (κ1) is 14.4. The molecule has 17 heavy (non-hydrogen) atoms. The smallest absolute Gasteiger partial charge is 0.153 e. The van der Waals surface area contributed by atoms with E-state index in [4.69, 9.17) is 0 Å². The molecule has 2 nitrogen and oxygen atoms in total. The van der Waals surface area contributed by atoms with Crippen molar-refractivity contribution in [2.75, 3.05) is 0 Å². The van der Waals surface area contributed by atoms with Crippen LogP contribution in [0, 0.1) is 16.7 Å². The molecular formula is C15H26O2. The molecule has 0 saturated heterocycles. The maximum Gasteiger partial charge on any atom is 0.153 e. The Balaban J connectivity index is 3.37. The van der Waals surface area contributed by atoms with Gasteiger partial charge in [-0.25, -0.2) is 0 Å². The summed E-state index contributed by atoms with van der Waals surface area (Å²) in [6.07, 6.45) is 3.73. The Morgan fingerprint density at radius 2 is 1.35 bits per heavy atom. The van der Waals surface area contributed by atoms with E-state index in [1.807, 2.05) is 20.8 Å². The molecule has 98 valence electrons. The van der Waals surface area contributed by atoms with Crippen molar-refractivity contribution in [2.24, 2.45) is 16.7 Å². The van der Waals surface area contributed by atoms with Crippen molar-refractivity contribution in [3.05, 3.63) is 0 Å². The Hall–Kier alpha value is -0.660. The van der Waals surface area contributed by atoms with E-state index in [9.17, 15) is 9.59 Å². The Kier molecular flexibility index (Phi) is 4.16. The van der Waals surface area contributed by atoms with Gasteiger partial charge in [0.2, 0.25) is 0 Å². The molecule has 0 radical (unpaired) electrons. The Morgan fingerprint density at radius 1 is 0.882 bits per heavy atom. The first-order valence-corrected chi connectivity index (χ1v) is 7.09. The number of Topliss-reactive ketones (excluding diaryl/α,β-unsaturated/α-hetero) is 2. The minimum absolute atomic E-state index is 0.0510. The molecule has 1 atom stereocenters. The third-order valence-electron chi connectivity index (χ3n) is 5.22. The van der Waals surface area contributed by atoms with Crippen molar-refractivity contribution in [1.29, 1.82) is 0 Å². The molecule has 1 fully saturated rings. The van der Waals surface area contributed by atoms with Gasteiger partial charge in [-0.3, -0.25) is 9.59 Å². The highest BCUT2D eigenvalue weighted by molar-refractivity contribution is 6.17. The van der Waals surface area contributed by atoms with Crippen molar-refractivity contribution in [1.82, 2.24) is 0 Å². The molecule has 2 heteroatoms. The number of carbonyl (C=O) groups excluding carboxylic acids is 2. The highest BCUT2D eigenvalue weighted by atomic mass is 16.2. The molecule has 0 aromatic heterocycles. The standard InChI is InChI=1S/C15H26O2/c1-6-11-12(16)15(9-4,10-5)13(17)14(11,7-2)8-3/h11H,6-10H2,1-5H3. The monoisotopic (exact) mass is 238 g/mol. The fourth-order valence-corrected chi connectivity index (χ4v) is 3.89. The summed E-state index contributed by atoms with van der Waals surface area (Å²) >= 11 is 0. The Bertz CT molecular complexity index is 309. The number of hydrogen-bond acceptors (Lipinski definition) is 2. The van der Waals surface area contributed by atoms with Crippen molar-refractivity contribution >= 4 is 11.6 Å². The fraction of sp³-hybridized carbons (Fsp3) is 0.867. The lowest BCUT2D eigenvalue weighted by Gasteiger charge is -2.31. The molecule has 1 aliphatic carbocycles. The van der Waals surface area contributed by atoms with Gasteiger partial charge in [0.05, 0.1) is 5.41 Å². The number of ketones is 2. The van der Waals surface area contributed by atoms with Crippen LogP contribution in [0.1, 0.15) is 66.7 Å². The lowest BCUT2D eigenvalue weighted by Crippen LogP contribution is -2.37. The quantitative estimate of drug-likeness (QED) is 0.683. The van der Waals surface area contributed by atoms with E-state index in [1.54, 1.807) is 0 Å². The van der Waals surface area contributed by atoms with E-state index in [0.717, 1.165) is 19.3 Å². The van der Waals surface area contributed by atoms with E-state index in [2.05, 4.69) is 13.8 Å². The lowest BCUT2D eigenvalue weighted by atomic mass is 9.70. The first-order chi connectivity index (χ1) is 8.00. The second-order valence-electron chi connectivity index (χ2n) is 5.31. The first-order valence-electron chi connectivity index (χ1n) is 7.09. The zero-order chi connectivity index (χ0) is 13.3. The average Bonchev–Trinajstić information content (AvgIpc) is 2.55. The average molecular weight is 238 g/mol. The molecular weight excluding hydrogens is 212 g/mol. The minimum Gasteiger partial charge on any atom is -0.298 e. The van der Waals surface area contributed by atoms with Gasteiger partial charge in [-0.1, -0.05) is 34.6 Å². The molecule has 0 heterocycles. The van der Waals surface area contributed by atoms with Gasteiger partial charge in [0.1, 0.15) is 5.78 Å². The molecule has 0 bridgehead atoms. The minimum atomic E-state index is -0.674. The predicted octanol–water partition coefficient (Wildman–Crippen LogP) is 3.78. The summed E-state index contributed by atoms with van der Waals surface area (Å²) < 4.78 is 0. The molecule has 0 aromatic rings. The van der Waals surface area contributed by atoms with Crippen LogP contribution in [0.4, 0.5) is 0 Å². The maximum absolute atomic E-state index is 12.8. The zero-order valence-corrected chi connectivity index (χ0v) is 11.9. The van der Waals surface area contributed by atoms with Crippen LogP contribution in [-0.4, -0.2) is 11.6 Å². The molecule has 0 aromatic carbocycles. The third-order valence-corrected chi connectivity index (χ3v) is 5.22. The van der Waals surface area contributed by atoms with Gasteiger partial charge in [0.25, 0.3) is 0 Å².